The molecule has 2 aliphatic heterocycles. The van der Waals surface area contributed by atoms with E-state index in [9.17, 15) is 0 Å². The van der Waals surface area contributed by atoms with Crippen molar-refractivity contribution in [1.29, 1.82) is 0 Å². The first-order chi connectivity index (χ1) is 42.5. The van der Waals surface area contributed by atoms with E-state index < -0.39 is 0 Å². The quantitative estimate of drug-likeness (QED) is 0.148. The maximum absolute atomic E-state index is 2.66. The summed E-state index contributed by atoms with van der Waals surface area (Å²) in [5.74, 6) is 0. The van der Waals surface area contributed by atoms with Crippen LogP contribution in [0.1, 0.15) is 121 Å². The highest BCUT2D eigenvalue weighted by molar-refractivity contribution is 7.00. The van der Waals surface area contributed by atoms with E-state index in [0.29, 0.717) is 0 Å². The second-order valence-corrected chi connectivity index (χ2v) is 29.3. The van der Waals surface area contributed by atoms with Crippen LogP contribution in [0.3, 0.4) is 0 Å². The summed E-state index contributed by atoms with van der Waals surface area (Å²) < 4.78 is 2.44. The Labute approximate surface area is 527 Å². The number of aromatic nitrogens is 1. The van der Waals surface area contributed by atoms with Crippen molar-refractivity contribution in [2.24, 2.45) is 0 Å². The summed E-state index contributed by atoms with van der Waals surface area (Å²) in [6.45, 7) is 32.5. The second-order valence-electron chi connectivity index (χ2n) is 29.3. The molecule has 0 N–H and O–H groups in total. The molecule has 0 spiro atoms. The number of para-hydroxylation sites is 2. The van der Waals surface area contributed by atoms with Gasteiger partial charge in [-0.3, -0.25) is 0 Å². The number of nitrogens with zero attached hydrogens (tertiary/aromatic N) is 4. The first-order valence-electron chi connectivity index (χ1n) is 32.0. The van der Waals surface area contributed by atoms with Crippen LogP contribution in [0.2, 0.25) is 0 Å². The summed E-state index contributed by atoms with van der Waals surface area (Å²) in [5, 5.41) is 2.46. The van der Waals surface area contributed by atoms with Crippen LogP contribution >= 0.6 is 0 Å². The molecular formula is C84H79BN4. The summed E-state index contributed by atoms with van der Waals surface area (Å²) in [7, 11) is 0. The Kier molecular flexibility index (Phi) is 12.7. The average molecular weight is 1160 g/mol. The van der Waals surface area contributed by atoms with Gasteiger partial charge in [-0.25, -0.2) is 0 Å². The van der Waals surface area contributed by atoms with Crippen molar-refractivity contribution in [2.45, 2.75) is 119 Å². The van der Waals surface area contributed by atoms with Crippen molar-refractivity contribution >= 4 is 96.1 Å². The van der Waals surface area contributed by atoms with Gasteiger partial charge in [0.15, 0.2) is 0 Å². The highest BCUT2D eigenvalue weighted by atomic mass is 15.2. The molecule has 0 fully saturated rings. The van der Waals surface area contributed by atoms with E-state index in [0.717, 1.165) is 34.0 Å². The molecule has 0 saturated carbocycles. The Morgan fingerprint density at radius 2 is 0.955 bits per heavy atom. The highest BCUT2D eigenvalue weighted by Gasteiger charge is 2.45. The average Bonchev–Trinajstić information content (AvgIpc) is 1.47. The molecule has 1 aliphatic carbocycles. The summed E-state index contributed by atoms with van der Waals surface area (Å²) >= 11 is 0. The van der Waals surface area contributed by atoms with Crippen molar-refractivity contribution in [2.75, 3.05) is 14.7 Å². The molecule has 0 radical (unpaired) electrons. The number of rotatable bonds is 7. The second kappa shape index (κ2) is 20.1. The topological polar surface area (TPSA) is 14.7 Å². The minimum atomic E-state index is -0.106. The zero-order chi connectivity index (χ0) is 61.8. The number of benzene rings is 11. The molecule has 12 aromatic rings. The minimum Gasteiger partial charge on any atom is -0.311 e. The molecule has 1 aromatic heterocycles. The maximum Gasteiger partial charge on any atom is 0.252 e. The fourth-order valence-corrected chi connectivity index (χ4v) is 15.2. The van der Waals surface area contributed by atoms with Gasteiger partial charge >= 0.3 is 0 Å². The minimum absolute atomic E-state index is 0.0154. The lowest BCUT2D eigenvalue weighted by Gasteiger charge is -2.45. The summed E-state index contributed by atoms with van der Waals surface area (Å²) in [4.78, 5) is 7.73. The highest BCUT2D eigenvalue weighted by Crippen LogP contribution is 2.52. The molecule has 0 atom stereocenters. The van der Waals surface area contributed by atoms with E-state index in [1.54, 1.807) is 0 Å². The number of aryl methyl sites for hydroxylation is 3. The fourth-order valence-electron chi connectivity index (χ4n) is 15.2. The molecule has 5 heteroatoms. The van der Waals surface area contributed by atoms with Crippen molar-refractivity contribution < 1.29 is 0 Å². The molecule has 0 bridgehead atoms. The molecule has 438 valence electrons. The molecule has 89 heavy (non-hydrogen) atoms. The molecule has 11 aromatic carbocycles. The van der Waals surface area contributed by atoms with Crippen molar-refractivity contribution in [3.05, 3.63) is 269 Å². The van der Waals surface area contributed by atoms with Crippen molar-refractivity contribution in [3.8, 4) is 27.9 Å². The van der Waals surface area contributed by atoms with Gasteiger partial charge in [-0.05, 0) is 223 Å². The van der Waals surface area contributed by atoms with Gasteiger partial charge in [0.1, 0.15) is 0 Å². The van der Waals surface area contributed by atoms with Crippen LogP contribution in [-0.4, -0.2) is 11.3 Å². The van der Waals surface area contributed by atoms with E-state index in [1.165, 1.54) is 128 Å². The normalized spacial score (nSPS) is 14.0. The van der Waals surface area contributed by atoms with Crippen molar-refractivity contribution in [1.82, 2.24) is 4.57 Å². The third-order valence-corrected chi connectivity index (χ3v) is 19.9. The van der Waals surface area contributed by atoms with Gasteiger partial charge in [0.25, 0.3) is 6.71 Å². The van der Waals surface area contributed by atoms with Crippen LogP contribution < -0.4 is 31.1 Å². The van der Waals surface area contributed by atoms with Crippen molar-refractivity contribution in [3.63, 3.8) is 0 Å². The first-order valence-corrected chi connectivity index (χ1v) is 32.0. The number of hydrogen-bond donors (Lipinski definition) is 0. The Morgan fingerprint density at radius 1 is 0.382 bits per heavy atom. The van der Waals surface area contributed by atoms with Crippen LogP contribution in [0.25, 0.3) is 49.7 Å². The molecular weight excluding hydrogens is 1080 g/mol. The molecule has 15 rings (SSSR count). The standard InChI is InChI=1S/C84H79BN4/c1-52-44-77-79-78(45-52)89(80-53(2)46-56(47-54(80)3)55-28-40-66-65-24-18-20-26-69(65)84(13,14)70(66)48-55)76-51-64(39-42-71(76)85(79)72-49-59(83(10,11)12)33-43-74(72)88(77)62-36-31-58(32-37-62)82(7,8)9)86(61-34-29-57(30-35-61)81(4,5)6)63-38-41-68-67-25-19-21-27-73(67)87(75(68)50-63)60-22-16-15-17-23-60/h15-51H,1-14H3. The van der Waals surface area contributed by atoms with Gasteiger partial charge in [-0.1, -0.05) is 197 Å². The zero-order valence-electron chi connectivity index (χ0n) is 54.2. The lowest BCUT2D eigenvalue weighted by Crippen LogP contribution is -2.61. The van der Waals surface area contributed by atoms with Crippen LogP contribution in [0.15, 0.2) is 224 Å². The SMILES string of the molecule is Cc1cc2c3c(c1)N(c1c(C)cc(-c4ccc5c(c4)C(C)(C)c4ccccc4-5)cc1C)c1cc(N(c4ccc(C(C)(C)C)cc4)c4ccc5c6ccccc6n(-c6ccccc6)c5c4)ccc1B3c1cc(C(C)(C)C)ccc1N2c1ccc(C(C)(C)C)cc1. The predicted octanol–water partition coefficient (Wildman–Crippen LogP) is 21.1. The van der Waals surface area contributed by atoms with Gasteiger partial charge < -0.3 is 19.3 Å². The lowest BCUT2D eigenvalue weighted by atomic mass is 9.33. The van der Waals surface area contributed by atoms with Gasteiger partial charge in [-0.15, -0.1) is 0 Å². The third-order valence-electron chi connectivity index (χ3n) is 19.9. The van der Waals surface area contributed by atoms with Gasteiger partial charge in [0, 0.05) is 67.4 Å². The smallest absolute Gasteiger partial charge is 0.252 e. The molecule has 4 nitrogen and oxygen atoms in total. The monoisotopic (exact) mass is 1150 g/mol. The van der Waals surface area contributed by atoms with Gasteiger partial charge in [0.05, 0.1) is 16.7 Å². The van der Waals surface area contributed by atoms with E-state index in [4.69, 9.17) is 0 Å². The maximum atomic E-state index is 2.66. The van der Waals surface area contributed by atoms with Crippen LogP contribution in [-0.2, 0) is 21.7 Å². The van der Waals surface area contributed by atoms with E-state index in [1.807, 2.05) is 0 Å². The Bertz CT molecular complexity index is 4820. The van der Waals surface area contributed by atoms with Gasteiger partial charge in [-0.2, -0.15) is 0 Å². The van der Waals surface area contributed by atoms with E-state index >= 15 is 0 Å². The van der Waals surface area contributed by atoms with E-state index in [-0.39, 0.29) is 28.4 Å². The molecule has 3 aliphatic rings. The van der Waals surface area contributed by atoms with Crippen LogP contribution in [0.4, 0.5) is 51.2 Å². The van der Waals surface area contributed by atoms with Crippen LogP contribution in [0, 0.1) is 20.8 Å². The number of fused-ring (bicyclic) bond motifs is 10. The summed E-state index contributed by atoms with van der Waals surface area (Å²) in [5.41, 5.74) is 33.3. The molecule has 0 amide bonds. The number of anilines is 9. The molecule has 3 heterocycles. The Balaban J connectivity index is 0.988. The third kappa shape index (κ3) is 9.00. The summed E-state index contributed by atoms with van der Waals surface area (Å²) in [6, 6.07) is 86.2. The Hall–Kier alpha value is -9.32. The Morgan fingerprint density at radius 3 is 1.65 bits per heavy atom. The fraction of sp³-hybridized carbons (Fsp3) is 0.214. The number of hydrogen-bond acceptors (Lipinski definition) is 3. The molecule has 0 saturated heterocycles. The largest absolute Gasteiger partial charge is 0.311 e. The summed E-state index contributed by atoms with van der Waals surface area (Å²) in [6.07, 6.45) is 0. The van der Waals surface area contributed by atoms with Crippen LogP contribution in [0.5, 0.6) is 0 Å². The lowest BCUT2D eigenvalue weighted by molar-refractivity contribution is 0.590. The first kappa shape index (κ1) is 56.2. The van der Waals surface area contributed by atoms with E-state index in [2.05, 4.69) is 341 Å². The van der Waals surface area contributed by atoms with Gasteiger partial charge in [0.2, 0.25) is 0 Å². The molecule has 0 unspecified atom stereocenters. The zero-order valence-corrected chi connectivity index (χ0v) is 54.2. The predicted molar refractivity (Wildman–Crippen MR) is 383 cm³/mol.